The lowest BCUT2D eigenvalue weighted by atomic mass is 10.0. The number of carbonyl (C=O) groups excluding carboxylic acids is 3. The van der Waals surface area contributed by atoms with Crippen LogP contribution in [0.3, 0.4) is 0 Å². The molecule has 67 heavy (non-hydrogen) atoms. The molecular formula is C61H116O6. The van der Waals surface area contributed by atoms with E-state index in [-0.39, 0.29) is 31.1 Å². The highest BCUT2D eigenvalue weighted by Gasteiger charge is 2.19. The molecule has 0 aromatic carbocycles. The van der Waals surface area contributed by atoms with Gasteiger partial charge in [0.1, 0.15) is 13.2 Å². The first kappa shape index (κ1) is 65.1. The number of allylic oxidation sites excluding steroid dienone is 2. The van der Waals surface area contributed by atoms with Crippen molar-refractivity contribution in [1.29, 1.82) is 0 Å². The van der Waals surface area contributed by atoms with Crippen LogP contribution in [-0.4, -0.2) is 37.2 Å². The fraction of sp³-hybridized carbons (Fsp3) is 0.918. The van der Waals surface area contributed by atoms with Crippen LogP contribution in [0.5, 0.6) is 0 Å². The molecular weight excluding hydrogens is 829 g/mol. The molecule has 0 aromatic heterocycles. The zero-order valence-corrected chi connectivity index (χ0v) is 45.5. The summed E-state index contributed by atoms with van der Waals surface area (Å²) in [5, 5.41) is 0. The fourth-order valence-corrected chi connectivity index (χ4v) is 9.21. The van der Waals surface area contributed by atoms with Gasteiger partial charge in [-0.25, -0.2) is 0 Å². The lowest BCUT2D eigenvalue weighted by Crippen LogP contribution is -2.30. The molecule has 0 fully saturated rings. The molecule has 1 atom stereocenters. The Hall–Kier alpha value is -1.85. The minimum Gasteiger partial charge on any atom is -0.462 e. The number of carbonyl (C=O) groups is 3. The predicted molar refractivity (Wildman–Crippen MR) is 289 cm³/mol. The first-order valence-electron chi connectivity index (χ1n) is 30.2. The Morgan fingerprint density at radius 3 is 0.806 bits per heavy atom. The monoisotopic (exact) mass is 945 g/mol. The Morgan fingerprint density at radius 1 is 0.284 bits per heavy atom. The first-order chi connectivity index (χ1) is 33.0. The predicted octanol–water partition coefficient (Wildman–Crippen LogP) is 20.1. The van der Waals surface area contributed by atoms with Crippen LogP contribution >= 0.6 is 0 Å². The van der Waals surface area contributed by atoms with E-state index in [4.69, 9.17) is 14.2 Å². The molecule has 0 aliphatic heterocycles. The average Bonchev–Trinajstić information content (AvgIpc) is 3.33. The van der Waals surface area contributed by atoms with Crippen LogP contribution in [0, 0.1) is 0 Å². The molecule has 0 N–H and O–H groups in total. The highest BCUT2D eigenvalue weighted by molar-refractivity contribution is 5.71. The normalized spacial score (nSPS) is 12.0. The zero-order valence-electron chi connectivity index (χ0n) is 45.5. The van der Waals surface area contributed by atoms with Gasteiger partial charge < -0.3 is 14.2 Å². The molecule has 1 unspecified atom stereocenters. The molecule has 0 rings (SSSR count). The number of ether oxygens (including phenoxy) is 3. The highest BCUT2D eigenvalue weighted by atomic mass is 16.6. The molecule has 0 aliphatic rings. The van der Waals surface area contributed by atoms with Crippen LogP contribution in [0.4, 0.5) is 0 Å². The van der Waals surface area contributed by atoms with Crippen molar-refractivity contribution in [3.8, 4) is 0 Å². The number of rotatable bonds is 56. The van der Waals surface area contributed by atoms with Gasteiger partial charge in [-0.3, -0.25) is 14.4 Å². The first-order valence-corrected chi connectivity index (χ1v) is 30.2. The Morgan fingerprint density at radius 2 is 0.522 bits per heavy atom. The molecule has 0 radical (unpaired) electrons. The van der Waals surface area contributed by atoms with Crippen molar-refractivity contribution in [1.82, 2.24) is 0 Å². The smallest absolute Gasteiger partial charge is 0.306 e. The summed E-state index contributed by atoms with van der Waals surface area (Å²) in [5.41, 5.74) is 0. The van der Waals surface area contributed by atoms with Crippen molar-refractivity contribution < 1.29 is 28.6 Å². The van der Waals surface area contributed by atoms with Crippen LogP contribution in [0.1, 0.15) is 342 Å². The molecule has 0 bridgehead atoms. The third-order valence-corrected chi connectivity index (χ3v) is 13.8. The maximum Gasteiger partial charge on any atom is 0.306 e. The van der Waals surface area contributed by atoms with Crippen molar-refractivity contribution in [3.63, 3.8) is 0 Å². The van der Waals surface area contributed by atoms with Crippen LogP contribution in [-0.2, 0) is 28.6 Å². The average molecular weight is 946 g/mol. The standard InChI is InChI=1S/C61H116O6/c1-4-7-10-13-16-19-21-22-23-24-25-26-27-28-29-30-31-32-33-34-35-36-37-38-39-40-41-43-45-48-51-54-60(63)66-57-58(56-65-59(62)53-50-47-44-18-15-12-9-6-3)67-61(64)55-52-49-46-42-20-17-14-11-8-5-2/h11,14,58H,4-10,12-13,15-57H2,1-3H3/b14-11-. The van der Waals surface area contributed by atoms with Gasteiger partial charge in [0.05, 0.1) is 0 Å². The van der Waals surface area contributed by atoms with Gasteiger partial charge in [-0.15, -0.1) is 0 Å². The summed E-state index contributed by atoms with van der Waals surface area (Å²) in [7, 11) is 0. The topological polar surface area (TPSA) is 78.9 Å². The molecule has 0 heterocycles. The summed E-state index contributed by atoms with van der Waals surface area (Å²) in [6.07, 6.45) is 65.5. The van der Waals surface area contributed by atoms with E-state index in [1.165, 1.54) is 231 Å². The summed E-state index contributed by atoms with van der Waals surface area (Å²) >= 11 is 0. The van der Waals surface area contributed by atoms with Gasteiger partial charge in [-0.1, -0.05) is 296 Å². The van der Waals surface area contributed by atoms with E-state index in [0.717, 1.165) is 70.6 Å². The van der Waals surface area contributed by atoms with Crippen molar-refractivity contribution >= 4 is 17.9 Å². The van der Waals surface area contributed by atoms with Gasteiger partial charge in [0, 0.05) is 19.3 Å². The quantitative estimate of drug-likeness (QED) is 0.0262. The molecule has 0 saturated heterocycles. The third kappa shape index (κ3) is 55.0. The van der Waals surface area contributed by atoms with Crippen LogP contribution in [0.2, 0.25) is 0 Å². The molecule has 0 saturated carbocycles. The number of unbranched alkanes of at least 4 members (excludes halogenated alkanes) is 43. The largest absolute Gasteiger partial charge is 0.462 e. The number of esters is 3. The number of hydrogen-bond acceptors (Lipinski definition) is 6. The zero-order chi connectivity index (χ0) is 48.6. The maximum atomic E-state index is 12.7. The van der Waals surface area contributed by atoms with Gasteiger partial charge in [0.15, 0.2) is 6.10 Å². The lowest BCUT2D eigenvalue weighted by Gasteiger charge is -2.18. The Bertz CT molecular complexity index is 1040. The van der Waals surface area contributed by atoms with E-state index in [1.807, 2.05) is 0 Å². The Balaban J connectivity index is 3.90. The second-order valence-corrected chi connectivity index (χ2v) is 20.6. The second-order valence-electron chi connectivity index (χ2n) is 20.6. The maximum absolute atomic E-state index is 12.7. The van der Waals surface area contributed by atoms with Crippen molar-refractivity contribution in [2.24, 2.45) is 0 Å². The summed E-state index contributed by atoms with van der Waals surface area (Å²) in [4.78, 5) is 37.8. The van der Waals surface area contributed by atoms with E-state index in [2.05, 4.69) is 32.9 Å². The van der Waals surface area contributed by atoms with E-state index in [0.29, 0.717) is 19.3 Å². The molecule has 396 valence electrons. The number of hydrogen-bond donors (Lipinski definition) is 0. The summed E-state index contributed by atoms with van der Waals surface area (Å²) in [5.74, 6) is -0.866. The molecule has 6 heteroatoms. The lowest BCUT2D eigenvalue weighted by molar-refractivity contribution is -0.167. The highest BCUT2D eigenvalue weighted by Crippen LogP contribution is 2.18. The summed E-state index contributed by atoms with van der Waals surface area (Å²) in [6.45, 7) is 6.59. The van der Waals surface area contributed by atoms with Gasteiger partial charge in [0.2, 0.25) is 0 Å². The van der Waals surface area contributed by atoms with E-state index < -0.39 is 6.10 Å². The summed E-state index contributed by atoms with van der Waals surface area (Å²) < 4.78 is 16.8. The van der Waals surface area contributed by atoms with Crippen molar-refractivity contribution in [2.75, 3.05) is 13.2 Å². The van der Waals surface area contributed by atoms with Gasteiger partial charge in [-0.05, 0) is 38.5 Å². The fourth-order valence-electron chi connectivity index (χ4n) is 9.21. The SMILES string of the molecule is CCC/C=C\CCCCCCCC(=O)OC(COC(=O)CCCCCCCCCC)COC(=O)CCCCCCCCCCCCCCCCCCCCCCCCCCCCCCCCC. The second kappa shape index (κ2) is 56.7. The van der Waals surface area contributed by atoms with Crippen molar-refractivity contribution in [3.05, 3.63) is 12.2 Å². The molecule has 0 aliphatic carbocycles. The molecule has 0 aromatic rings. The van der Waals surface area contributed by atoms with E-state index in [9.17, 15) is 14.4 Å². The van der Waals surface area contributed by atoms with Crippen molar-refractivity contribution in [2.45, 2.75) is 348 Å². The van der Waals surface area contributed by atoms with Crippen LogP contribution < -0.4 is 0 Å². The minimum atomic E-state index is -0.766. The van der Waals surface area contributed by atoms with E-state index in [1.54, 1.807) is 0 Å². The van der Waals surface area contributed by atoms with Crippen LogP contribution in [0.15, 0.2) is 12.2 Å². The Labute approximate surface area is 418 Å². The Kier molecular flexibility index (Phi) is 55.2. The van der Waals surface area contributed by atoms with Gasteiger partial charge >= 0.3 is 17.9 Å². The van der Waals surface area contributed by atoms with E-state index >= 15 is 0 Å². The van der Waals surface area contributed by atoms with Gasteiger partial charge in [0.25, 0.3) is 0 Å². The minimum absolute atomic E-state index is 0.0687. The molecule has 0 spiro atoms. The van der Waals surface area contributed by atoms with Gasteiger partial charge in [-0.2, -0.15) is 0 Å². The third-order valence-electron chi connectivity index (χ3n) is 13.8. The molecule has 6 nitrogen and oxygen atoms in total. The summed E-state index contributed by atoms with van der Waals surface area (Å²) in [6, 6.07) is 0. The van der Waals surface area contributed by atoms with Crippen LogP contribution in [0.25, 0.3) is 0 Å². The molecule has 0 amide bonds.